The Hall–Kier alpha value is -2.28. The Bertz CT molecular complexity index is 589. The van der Waals surface area contributed by atoms with Gasteiger partial charge in [0, 0.05) is 25.5 Å². The van der Waals surface area contributed by atoms with E-state index in [1.165, 1.54) is 6.92 Å². The molecule has 0 unspecified atom stereocenters. The molecule has 1 aromatic carbocycles. The number of nitrogens with zero attached hydrogens (tertiary/aromatic N) is 1. The highest BCUT2D eigenvalue weighted by Gasteiger charge is 1.95. The molecule has 2 N–H and O–H groups in total. The Balaban J connectivity index is 1.98. The first-order valence-corrected chi connectivity index (χ1v) is 5.42. The number of carbonyl (C=O) groups is 1. The second kappa shape index (κ2) is 5.17. The van der Waals surface area contributed by atoms with Gasteiger partial charge in [0.1, 0.15) is 0 Å². The molecule has 1 aromatic heterocycles. The van der Waals surface area contributed by atoms with E-state index in [2.05, 4.69) is 27.1 Å². The topological polar surface area (TPSA) is 57.8 Å². The minimum absolute atomic E-state index is 0.0225. The van der Waals surface area contributed by atoms with Crippen molar-refractivity contribution in [3.05, 3.63) is 30.1 Å². The molecular formula is C13H13N3O. The van der Waals surface area contributed by atoms with E-state index < -0.39 is 0 Å². The monoisotopic (exact) mass is 227 g/mol. The van der Waals surface area contributed by atoms with Crippen LogP contribution in [-0.2, 0) is 4.79 Å². The fraction of sp³-hybridized carbons (Fsp3) is 0.231. The number of rotatable bonds is 2. The van der Waals surface area contributed by atoms with Crippen molar-refractivity contribution in [1.29, 1.82) is 0 Å². The summed E-state index contributed by atoms with van der Waals surface area (Å²) >= 11 is 0. The number of amides is 1. The smallest absolute Gasteiger partial charge is 0.216 e. The predicted molar refractivity (Wildman–Crippen MR) is 66.3 cm³/mol. The lowest BCUT2D eigenvalue weighted by atomic mass is 10.2. The molecule has 0 aliphatic rings. The summed E-state index contributed by atoms with van der Waals surface area (Å²) in [5.74, 6) is 6.04. The van der Waals surface area contributed by atoms with Crippen LogP contribution in [0.1, 0.15) is 18.9 Å². The number of hydrogen-bond acceptors (Lipinski definition) is 2. The number of carbonyl (C=O) groups excluding carboxylic acids is 1. The molecule has 86 valence electrons. The first kappa shape index (κ1) is 11.2. The molecule has 0 saturated carbocycles. The van der Waals surface area contributed by atoms with Crippen molar-refractivity contribution in [2.45, 2.75) is 13.3 Å². The van der Waals surface area contributed by atoms with E-state index in [4.69, 9.17) is 0 Å². The van der Waals surface area contributed by atoms with Gasteiger partial charge in [0.25, 0.3) is 0 Å². The van der Waals surface area contributed by atoms with E-state index in [-0.39, 0.29) is 5.91 Å². The van der Waals surface area contributed by atoms with Gasteiger partial charge in [-0.3, -0.25) is 4.79 Å². The summed E-state index contributed by atoms with van der Waals surface area (Å²) < 4.78 is 0. The molecule has 0 spiro atoms. The summed E-state index contributed by atoms with van der Waals surface area (Å²) in [5, 5.41) is 2.70. The van der Waals surface area contributed by atoms with Crippen LogP contribution < -0.4 is 5.32 Å². The van der Waals surface area contributed by atoms with Crippen molar-refractivity contribution in [3.63, 3.8) is 0 Å². The highest BCUT2D eigenvalue weighted by atomic mass is 16.1. The van der Waals surface area contributed by atoms with E-state index >= 15 is 0 Å². The molecule has 0 bridgehead atoms. The van der Waals surface area contributed by atoms with Crippen LogP contribution in [0.15, 0.2) is 24.5 Å². The highest BCUT2D eigenvalue weighted by molar-refractivity contribution is 5.76. The molecule has 17 heavy (non-hydrogen) atoms. The molecule has 4 heteroatoms. The summed E-state index contributed by atoms with van der Waals surface area (Å²) in [5.41, 5.74) is 2.87. The van der Waals surface area contributed by atoms with Crippen LogP contribution in [0.2, 0.25) is 0 Å². The van der Waals surface area contributed by atoms with Crippen LogP contribution in [0.4, 0.5) is 0 Å². The number of fused-ring (bicyclic) bond motifs is 1. The van der Waals surface area contributed by atoms with Gasteiger partial charge >= 0.3 is 0 Å². The van der Waals surface area contributed by atoms with Gasteiger partial charge in [-0.1, -0.05) is 11.8 Å². The minimum atomic E-state index is -0.0225. The number of imidazole rings is 1. The van der Waals surface area contributed by atoms with Crippen molar-refractivity contribution in [2.75, 3.05) is 6.54 Å². The average Bonchev–Trinajstić information content (AvgIpc) is 2.75. The first-order chi connectivity index (χ1) is 8.25. The summed E-state index contributed by atoms with van der Waals surface area (Å²) in [7, 11) is 0. The van der Waals surface area contributed by atoms with Crippen molar-refractivity contribution in [2.24, 2.45) is 0 Å². The number of aromatic nitrogens is 2. The quantitative estimate of drug-likeness (QED) is 0.602. The fourth-order valence-electron chi connectivity index (χ4n) is 1.48. The van der Waals surface area contributed by atoms with Crippen molar-refractivity contribution in [3.8, 4) is 11.8 Å². The molecule has 4 nitrogen and oxygen atoms in total. The van der Waals surface area contributed by atoms with Crippen LogP contribution in [0, 0.1) is 11.8 Å². The van der Waals surface area contributed by atoms with E-state index in [1.54, 1.807) is 6.33 Å². The Morgan fingerprint density at radius 3 is 3.24 bits per heavy atom. The molecule has 0 aliphatic carbocycles. The van der Waals surface area contributed by atoms with Crippen LogP contribution in [0.25, 0.3) is 11.0 Å². The maximum atomic E-state index is 10.6. The average molecular weight is 227 g/mol. The van der Waals surface area contributed by atoms with Gasteiger partial charge in [-0.05, 0) is 18.2 Å². The maximum Gasteiger partial charge on any atom is 0.216 e. The third kappa shape index (κ3) is 3.08. The Morgan fingerprint density at radius 1 is 1.53 bits per heavy atom. The lowest BCUT2D eigenvalue weighted by molar-refractivity contribution is -0.118. The zero-order valence-corrected chi connectivity index (χ0v) is 9.58. The van der Waals surface area contributed by atoms with Crippen molar-refractivity contribution in [1.82, 2.24) is 15.3 Å². The maximum absolute atomic E-state index is 10.6. The molecule has 1 amide bonds. The van der Waals surface area contributed by atoms with E-state index in [0.29, 0.717) is 13.0 Å². The molecule has 0 atom stereocenters. The summed E-state index contributed by atoms with van der Waals surface area (Å²) in [6, 6.07) is 5.84. The SMILES string of the molecule is CC(=O)NCCC#Cc1ccc2nc[nH]c2c1. The Labute approximate surface area is 99.4 Å². The molecule has 0 radical (unpaired) electrons. The molecule has 2 aromatic rings. The van der Waals surface area contributed by atoms with E-state index in [9.17, 15) is 4.79 Å². The van der Waals surface area contributed by atoms with Gasteiger partial charge in [-0.2, -0.15) is 0 Å². The van der Waals surface area contributed by atoms with Gasteiger partial charge < -0.3 is 10.3 Å². The zero-order chi connectivity index (χ0) is 12.1. The summed E-state index contributed by atoms with van der Waals surface area (Å²) in [6.45, 7) is 2.09. The van der Waals surface area contributed by atoms with E-state index in [0.717, 1.165) is 16.6 Å². The highest BCUT2D eigenvalue weighted by Crippen LogP contribution is 2.10. The van der Waals surface area contributed by atoms with Gasteiger partial charge in [0.15, 0.2) is 0 Å². The normalized spacial score (nSPS) is 9.71. The lowest BCUT2D eigenvalue weighted by Crippen LogP contribution is -2.20. The fourth-order valence-corrected chi connectivity index (χ4v) is 1.48. The summed E-state index contributed by atoms with van der Waals surface area (Å²) in [4.78, 5) is 17.8. The third-order valence-electron chi connectivity index (χ3n) is 2.28. The predicted octanol–water partition coefficient (Wildman–Crippen LogP) is 1.44. The molecular weight excluding hydrogens is 214 g/mol. The number of aromatic amines is 1. The third-order valence-corrected chi connectivity index (χ3v) is 2.28. The molecule has 0 saturated heterocycles. The second-order valence-electron chi connectivity index (χ2n) is 3.67. The lowest BCUT2D eigenvalue weighted by Gasteiger charge is -1.95. The number of hydrogen-bond donors (Lipinski definition) is 2. The van der Waals surface area contributed by atoms with Crippen LogP contribution in [0.3, 0.4) is 0 Å². The molecule has 0 aliphatic heterocycles. The Morgan fingerprint density at radius 2 is 2.41 bits per heavy atom. The van der Waals surface area contributed by atoms with Crippen molar-refractivity contribution >= 4 is 16.9 Å². The summed E-state index contributed by atoms with van der Waals surface area (Å²) in [6.07, 6.45) is 2.32. The zero-order valence-electron chi connectivity index (χ0n) is 9.58. The van der Waals surface area contributed by atoms with Crippen LogP contribution in [-0.4, -0.2) is 22.4 Å². The van der Waals surface area contributed by atoms with Gasteiger partial charge in [0.05, 0.1) is 17.4 Å². The number of H-pyrrole nitrogens is 1. The largest absolute Gasteiger partial charge is 0.355 e. The van der Waals surface area contributed by atoms with E-state index in [1.807, 2.05) is 18.2 Å². The van der Waals surface area contributed by atoms with Crippen LogP contribution in [0.5, 0.6) is 0 Å². The number of benzene rings is 1. The second-order valence-corrected chi connectivity index (χ2v) is 3.67. The molecule has 2 rings (SSSR count). The van der Waals surface area contributed by atoms with Gasteiger partial charge in [0.2, 0.25) is 5.91 Å². The van der Waals surface area contributed by atoms with Crippen LogP contribution >= 0.6 is 0 Å². The van der Waals surface area contributed by atoms with Gasteiger partial charge in [-0.15, -0.1) is 0 Å². The minimum Gasteiger partial charge on any atom is -0.355 e. The molecule has 1 heterocycles. The van der Waals surface area contributed by atoms with Crippen molar-refractivity contribution < 1.29 is 4.79 Å². The first-order valence-electron chi connectivity index (χ1n) is 5.42. The number of nitrogens with one attached hydrogen (secondary N) is 2. The Kier molecular flexibility index (Phi) is 3.41. The molecule has 0 fully saturated rings. The standard InChI is InChI=1S/C13H13N3O/c1-10(17)14-7-3-2-4-11-5-6-12-13(8-11)16-9-15-12/h5-6,8-9H,3,7H2,1H3,(H,14,17)(H,15,16). The van der Waals surface area contributed by atoms with Gasteiger partial charge in [-0.25, -0.2) is 4.98 Å².